The molecule has 0 aliphatic rings. The number of urea groups is 1. The molecule has 2 rings (SSSR count). The minimum Gasteiger partial charge on any atom is -0.470 e. The largest absolute Gasteiger partial charge is 0.470 e. The summed E-state index contributed by atoms with van der Waals surface area (Å²) in [6, 6.07) is 6.99. The maximum atomic E-state index is 11.9. The molecule has 1 aromatic heterocycles. The predicted octanol–water partition coefficient (Wildman–Crippen LogP) is 3.63. The fraction of sp³-hybridized carbons (Fsp3) is 0.312. The topological polar surface area (TPSA) is 76.1 Å². The van der Waals surface area contributed by atoms with Gasteiger partial charge in [-0.05, 0) is 26.8 Å². The average Bonchev–Trinajstić information content (AvgIpc) is 2.46. The number of rotatable bonds is 4. The van der Waals surface area contributed by atoms with Gasteiger partial charge in [0.25, 0.3) is 5.88 Å². The SMILES string of the molecule is CC(C)(C)NC(=O)Nc1nccnc1OCc1ccccc1Cl. The normalized spacial score (nSPS) is 11.0. The molecule has 0 radical (unpaired) electrons. The van der Waals surface area contributed by atoms with E-state index in [9.17, 15) is 4.79 Å². The third-order valence-electron chi connectivity index (χ3n) is 2.71. The molecule has 23 heavy (non-hydrogen) atoms. The first kappa shape index (κ1) is 17.0. The fourth-order valence-electron chi connectivity index (χ4n) is 1.76. The first-order valence-electron chi connectivity index (χ1n) is 7.11. The molecule has 6 nitrogen and oxygen atoms in total. The van der Waals surface area contributed by atoms with Gasteiger partial charge in [-0.25, -0.2) is 14.8 Å². The molecule has 0 bridgehead atoms. The lowest BCUT2D eigenvalue weighted by atomic mass is 10.1. The predicted molar refractivity (Wildman–Crippen MR) is 89.7 cm³/mol. The molecule has 7 heteroatoms. The summed E-state index contributed by atoms with van der Waals surface area (Å²) in [6.45, 7) is 5.89. The third-order valence-corrected chi connectivity index (χ3v) is 3.08. The van der Waals surface area contributed by atoms with Crippen LogP contribution in [0.15, 0.2) is 36.7 Å². The highest BCUT2D eigenvalue weighted by Crippen LogP contribution is 2.21. The Morgan fingerprint density at radius 1 is 1.22 bits per heavy atom. The Bertz CT molecular complexity index is 686. The lowest BCUT2D eigenvalue weighted by Crippen LogP contribution is -2.43. The van der Waals surface area contributed by atoms with Gasteiger partial charge in [0.05, 0.1) is 0 Å². The Hall–Kier alpha value is -2.34. The van der Waals surface area contributed by atoms with E-state index in [1.54, 1.807) is 6.07 Å². The molecule has 2 N–H and O–H groups in total. The van der Waals surface area contributed by atoms with Crippen LogP contribution in [0.1, 0.15) is 26.3 Å². The van der Waals surface area contributed by atoms with Gasteiger partial charge in [-0.15, -0.1) is 0 Å². The van der Waals surface area contributed by atoms with Gasteiger partial charge in [-0.3, -0.25) is 5.32 Å². The van der Waals surface area contributed by atoms with E-state index in [-0.39, 0.29) is 29.9 Å². The Morgan fingerprint density at radius 3 is 2.61 bits per heavy atom. The second-order valence-electron chi connectivity index (χ2n) is 5.92. The van der Waals surface area contributed by atoms with Gasteiger partial charge in [-0.2, -0.15) is 0 Å². The van der Waals surface area contributed by atoms with Gasteiger partial charge in [0.1, 0.15) is 6.61 Å². The molecule has 0 spiro atoms. The van der Waals surface area contributed by atoms with Crippen LogP contribution in [0.4, 0.5) is 10.6 Å². The molecule has 122 valence electrons. The maximum absolute atomic E-state index is 11.9. The summed E-state index contributed by atoms with van der Waals surface area (Å²) in [5.74, 6) is 0.484. The monoisotopic (exact) mass is 334 g/mol. The van der Waals surface area contributed by atoms with Crippen molar-refractivity contribution >= 4 is 23.4 Å². The highest BCUT2D eigenvalue weighted by Gasteiger charge is 2.16. The highest BCUT2D eigenvalue weighted by atomic mass is 35.5. The van der Waals surface area contributed by atoms with Crippen LogP contribution in [0.2, 0.25) is 5.02 Å². The Kier molecular flexibility index (Phi) is 5.39. The van der Waals surface area contributed by atoms with Crippen molar-refractivity contribution < 1.29 is 9.53 Å². The zero-order chi connectivity index (χ0) is 16.9. The quantitative estimate of drug-likeness (QED) is 0.895. The molecule has 0 atom stereocenters. The highest BCUT2D eigenvalue weighted by molar-refractivity contribution is 6.31. The van der Waals surface area contributed by atoms with Gasteiger partial charge in [0.2, 0.25) is 0 Å². The van der Waals surface area contributed by atoms with Gasteiger partial charge in [0, 0.05) is 28.5 Å². The van der Waals surface area contributed by atoms with Crippen molar-refractivity contribution in [1.82, 2.24) is 15.3 Å². The molecule has 0 aliphatic heterocycles. The summed E-state index contributed by atoms with van der Waals surface area (Å²) in [4.78, 5) is 20.1. The minimum atomic E-state index is -0.374. The molecule has 1 heterocycles. The number of nitrogens with one attached hydrogen (secondary N) is 2. The van der Waals surface area contributed by atoms with Crippen molar-refractivity contribution in [2.24, 2.45) is 0 Å². The summed E-state index contributed by atoms with van der Waals surface area (Å²) >= 11 is 6.09. The van der Waals surface area contributed by atoms with E-state index in [0.717, 1.165) is 5.56 Å². The maximum Gasteiger partial charge on any atom is 0.320 e. The smallest absolute Gasteiger partial charge is 0.320 e. The van der Waals surface area contributed by atoms with Gasteiger partial charge < -0.3 is 10.1 Å². The first-order valence-corrected chi connectivity index (χ1v) is 7.49. The second kappa shape index (κ2) is 7.28. The van der Waals surface area contributed by atoms with Crippen LogP contribution in [0, 0.1) is 0 Å². The number of anilines is 1. The zero-order valence-electron chi connectivity index (χ0n) is 13.3. The van der Waals surface area contributed by atoms with E-state index in [1.165, 1.54) is 12.4 Å². The van der Waals surface area contributed by atoms with Gasteiger partial charge in [0.15, 0.2) is 5.82 Å². The van der Waals surface area contributed by atoms with Crippen molar-refractivity contribution in [3.05, 3.63) is 47.2 Å². The van der Waals surface area contributed by atoms with E-state index < -0.39 is 0 Å². The van der Waals surface area contributed by atoms with E-state index in [4.69, 9.17) is 16.3 Å². The summed E-state index contributed by atoms with van der Waals surface area (Å²) in [5, 5.41) is 6.03. The van der Waals surface area contributed by atoms with Crippen molar-refractivity contribution in [3.63, 3.8) is 0 Å². The Labute approximate surface area is 140 Å². The Balaban J connectivity index is 2.06. The van der Waals surface area contributed by atoms with Crippen molar-refractivity contribution in [2.45, 2.75) is 32.9 Å². The third kappa shape index (κ3) is 5.41. The van der Waals surface area contributed by atoms with Crippen molar-refractivity contribution in [3.8, 4) is 5.88 Å². The number of hydrogen-bond acceptors (Lipinski definition) is 4. The molecule has 0 aliphatic carbocycles. The molecule has 2 amide bonds. The van der Waals surface area contributed by atoms with Crippen LogP contribution in [-0.2, 0) is 6.61 Å². The molecule has 0 fully saturated rings. The molecule has 0 unspecified atom stereocenters. The summed E-state index contributed by atoms with van der Waals surface area (Å²) < 4.78 is 5.63. The van der Waals surface area contributed by atoms with Gasteiger partial charge >= 0.3 is 6.03 Å². The number of amides is 2. The number of carbonyl (C=O) groups excluding carboxylic acids is 1. The van der Waals surface area contributed by atoms with E-state index >= 15 is 0 Å². The number of hydrogen-bond donors (Lipinski definition) is 2. The molecule has 0 saturated carbocycles. The first-order chi connectivity index (χ1) is 10.8. The molecule has 1 aromatic carbocycles. The number of benzene rings is 1. The van der Waals surface area contributed by atoms with Crippen LogP contribution < -0.4 is 15.4 Å². The van der Waals surface area contributed by atoms with E-state index in [0.29, 0.717) is 5.02 Å². The number of ether oxygens (including phenoxy) is 1. The summed E-state index contributed by atoms with van der Waals surface area (Å²) in [7, 11) is 0. The van der Waals surface area contributed by atoms with Crippen LogP contribution >= 0.6 is 11.6 Å². The van der Waals surface area contributed by atoms with E-state index in [2.05, 4.69) is 20.6 Å². The molecule has 2 aromatic rings. The lowest BCUT2D eigenvalue weighted by Gasteiger charge is -2.20. The second-order valence-corrected chi connectivity index (χ2v) is 6.33. The minimum absolute atomic E-state index is 0.230. The van der Waals surface area contributed by atoms with Crippen molar-refractivity contribution in [2.75, 3.05) is 5.32 Å². The zero-order valence-corrected chi connectivity index (χ0v) is 14.0. The summed E-state index contributed by atoms with van der Waals surface area (Å²) in [5.41, 5.74) is 0.468. The molecular formula is C16H19ClN4O2. The van der Waals surface area contributed by atoms with Crippen LogP contribution in [0.25, 0.3) is 0 Å². The fourth-order valence-corrected chi connectivity index (χ4v) is 1.95. The number of halogens is 1. The standard InChI is InChI=1S/C16H19ClN4O2/c1-16(2,3)21-15(22)20-13-14(19-9-8-18-13)23-10-11-6-4-5-7-12(11)17/h4-9H,10H2,1-3H3,(H2,18,20,21,22). The molecular weight excluding hydrogens is 316 g/mol. The van der Waals surface area contributed by atoms with Crippen LogP contribution in [0.5, 0.6) is 5.88 Å². The average molecular weight is 335 g/mol. The number of carbonyl (C=O) groups is 1. The Morgan fingerprint density at radius 2 is 1.91 bits per heavy atom. The van der Waals surface area contributed by atoms with Gasteiger partial charge in [-0.1, -0.05) is 29.8 Å². The summed E-state index contributed by atoms with van der Waals surface area (Å²) in [6.07, 6.45) is 2.98. The number of nitrogens with zero attached hydrogens (tertiary/aromatic N) is 2. The lowest BCUT2D eigenvalue weighted by molar-refractivity contribution is 0.243. The van der Waals surface area contributed by atoms with Crippen molar-refractivity contribution in [1.29, 1.82) is 0 Å². The van der Waals surface area contributed by atoms with Crippen LogP contribution in [0.3, 0.4) is 0 Å². The molecule has 0 saturated heterocycles. The van der Waals surface area contributed by atoms with E-state index in [1.807, 2.05) is 39.0 Å². The van der Waals surface area contributed by atoms with Crippen LogP contribution in [-0.4, -0.2) is 21.5 Å². The number of aromatic nitrogens is 2.